The van der Waals surface area contributed by atoms with Crippen LogP contribution in [0.2, 0.25) is 0 Å². The summed E-state index contributed by atoms with van der Waals surface area (Å²) in [6.45, 7) is 6.07. The van der Waals surface area contributed by atoms with Gasteiger partial charge in [0.1, 0.15) is 12.1 Å². The first-order valence-electron chi connectivity index (χ1n) is 7.16. The fourth-order valence-corrected chi connectivity index (χ4v) is 1.88. The second-order valence-electron chi connectivity index (χ2n) is 5.05. The number of halogens is 1. The lowest BCUT2D eigenvalue weighted by Crippen LogP contribution is -2.37. The molecule has 0 aliphatic carbocycles. The summed E-state index contributed by atoms with van der Waals surface area (Å²) in [5.41, 5.74) is 6.62. The fraction of sp³-hybridized carbons (Fsp3) is 0.562. The molecule has 0 aliphatic heterocycles. The van der Waals surface area contributed by atoms with Crippen molar-refractivity contribution in [2.75, 3.05) is 0 Å². The highest BCUT2D eigenvalue weighted by atomic mass is 35.5. The van der Waals surface area contributed by atoms with Crippen molar-refractivity contribution >= 4 is 18.4 Å². The zero-order valence-electron chi connectivity index (χ0n) is 13.0. The Hall–Kier alpha value is -1.10. The normalized spacial score (nSPS) is 14.7. The number of nitrogens with two attached hydrogens (primary N) is 1. The van der Waals surface area contributed by atoms with Crippen LogP contribution in [0.1, 0.15) is 39.2 Å². The van der Waals surface area contributed by atoms with Gasteiger partial charge in [0.05, 0.1) is 12.7 Å². The second kappa shape index (κ2) is 10.6. The highest BCUT2D eigenvalue weighted by molar-refractivity contribution is 5.85. The van der Waals surface area contributed by atoms with E-state index in [0.29, 0.717) is 6.61 Å². The lowest BCUT2D eigenvalue weighted by Gasteiger charge is -2.25. The van der Waals surface area contributed by atoms with E-state index in [1.165, 1.54) is 0 Å². The molecule has 3 atom stereocenters. The predicted molar refractivity (Wildman–Crippen MR) is 86.4 cm³/mol. The maximum absolute atomic E-state index is 11.5. The summed E-state index contributed by atoms with van der Waals surface area (Å²) in [6.07, 6.45) is 1.42. The molecule has 0 amide bonds. The van der Waals surface area contributed by atoms with Gasteiger partial charge in [-0.1, -0.05) is 43.7 Å². The summed E-state index contributed by atoms with van der Waals surface area (Å²) in [6, 6.07) is 9.36. The van der Waals surface area contributed by atoms with Crippen molar-refractivity contribution in [3.8, 4) is 0 Å². The molecular weight excluding hydrogens is 290 g/mol. The molecule has 5 heteroatoms. The molecule has 1 aromatic carbocycles. The van der Waals surface area contributed by atoms with E-state index in [9.17, 15) is 4.79 Å². The zero-order chi connectivity index (χ0) is 15.0. The molecule has 0 radical (unpaired) electrons. The number of esters is 1. The van der Waals surface area contributed by atoms with E-state index in [1.54, 1.807) is 6.92 Å². The van der Waals surface area contributed by atoms with Crippen LogP contribution < -0.4 is 5.73 Å². The molecule has 0 bridgehead atoms. The highest BCUT2D eigenvalue weighted by Gasteiger charge is 2.22. The number of benzene rings is 1. The Bertz CT molecular complexity index is 398. The smallest absolute Gasteiger partial charge is 0.322 e. The molecule has 0 spiro atoms. The van der Waals surface area contributed by atoms with Crippen LogP contribution >= 0.6 is 12.4 Å². The molecule has 1 aromatic rings. The fourth-order valence-electron chi connectivity index (χ4n) is 1.88. The van der Waals surface area contributed by atoms with Crippen molar-refractivity contribution in [3.63, 3.8) is 0 Å². The predicted octanol–water partition coefficient (Wildman–Crippen LogP) is 3.07. The van der Waals surface area contributed by atoms with Gasteiger partial charge in [-0.15, -0.1) is 12.4 Å². The SMILES string of the molecule is CCC[C@@H](OCc1ccccc1)[C@H](C)OC(=O)[C@H](C)N.Cl. The van der Waals surface area contributed by atoms with Gasteiger partial charge in [0.2, 0.25) is 0 Å². The van der Waals surface area contributed by atoms with Crippen LogP contribution in [0.15, 0.2) is 30.3 Å². The average Bonchev–Trinajstić information content (AvgIpc) is 2.44. The van der Waals surface area contributed by atoms with Crippen LogP contribution in [0, 0.1) is 0 Å². The molecule has 4 nitrogen and oxygen atoms in total. The summed E-state index contributed by atoms with van der Waals surface area (Å²) in [5, 5.41) is 0. The third-order valence-electron chi connectivity index (χ3n) is 3.08. The molecule has 0 aliphatic rings. The molecule has 120 valence electrons. The topological polar surface area (TPSA) is 61.5 Å². The van der Waals surface area contributed by atoms with Crippen molar-refractivity contribution in [1.29, 1.82) is 0 Å². The largest absolute Gasteiger partial charge is 0.459 e. The van der Waals surface area contributed by atoms with E-state index in [4.69, 9.17) is 15.2 Å². The number of rotatable bonds is 8. The molecule has 0 unspecified atom stereocenters. The van der Waals surface area contributed by atoms with E-state index in [-0.39, 0.29) is 30.6 Å². The zero-order valence-corrected chi connectivity index (χ0v) is 13.8. The van der Waals surface area contributed by atoms with E-state index in [1.807, 2.05) is 37.3 Å². The summed E-state index contributed by atoms with van der Waals surface area (Å²) in [7, 11) is 0. The summed E-state index contributed by atoms with van der Waals surface area (Å²) in [5.74, 6) is -0.387. The number of ether oxygens (including phenoxy) is 2. The molecular formula is C16H26ClNO3. The number of hydrogen-bond donors (Lipinski definition) is 1. The van der Waals surface area contributed by atoms with Gasteiger partial charge in [0.25, 0.3) is 0 Å². The van der Waals surface area contributed by atoms with Gasteiger partial charge in [-0.05, 0) is 25.8 Å². The first-order valence-corrected chi connectivity index (χ1v) is 7.16. The van der Waals surface area contributed by atoms with Crippen molar-refractivity contribution in [2.24, 2.45) is 5.73 Å². The maximum atomic E-state index is 11.5. The van der Waals surface area contributed by atoms with E-state index < -0.39 is 6.04 Å². The van der Waals surface area contributed by atoms with Gasteiger partial charge in [0, 0.05) is 0 Å². The molecule has 2 N–H and O–H groups in total. The van der Waals surface area contributed by atoms with E-state index in [2.05, 4.69) is 6.92 Å². The highest BCUT2D eigenvalue weighted by Crippen LogP contribution is 2.14. The third kappa shape index (κ3) is 7.46. The first kappa shape index (κ1) is 19.9. The molecule has 0 fully saturated rings. The van der Waals surface area contributed by atoms with Crippen LogP contribution in [0.25, 0.3) is 0 Å². The lowest BCUT2D eigenvalue weighted by molar-refractivity contribution is -0.158. The molecule has 1 rings (SSSR count). The van der Waals surface area contributed by atoms with Gasteiger partial charge in [-0.2, -0.15) is 0 Å². The van der Waals surface area contributed by atoms with Crippen molar-refractivity contribution < 1.29 is 14.3 Å². The third-order valence-corrected chi connectivity index (χ3v) is 3.08. The Kier molecular flexibility index (Phi) is 10.0. The van der Waals surface area contributed by atoms with Gasteiger partial charge in [-0.3, -0.25) is 4.79 Å². The summed E-state index contributed by atoms with van der Waals surface area (Å²) in [4.78, 5) is 11.5. The minimum atomic E-state index is -0.603. The quantitative estimate of drug-likeness (QED) is 0.749. The van der Waals surface area contributed by atoms with Gasteiger partial charge in [0.15, 0.2) is 0 Å². The lowest BCUT2D eigenvalue weighted by atomic mass is 10.1. The second-order valence-corrected chi connectivity index (χ2v) is 5.05. The summed E-state index contributed by atoms with van der Waals surface area (Å²) < 4.78 is 11.2. The Morgan fingerprint density at radius 2 is 1.86 bits per heavy atom. The van der Waals surface area contributed by atoms with Crippen molar-refractivity contribution in [3.05, 3.63) is 35.9 Å². The average molecular weight is 316 g/mol. The van der Waals surface area contributed by atoms with Crippen LogP contribution in [-0.4, -0.2) is 24.2 Å². The Balaban J connectivity index is 0.00000400. The molecule has 0 heterocycles. The minimum Gasteiger partial charge on any atom is -0.459 e. The van der Waals surface area contributed by atoms with Crippen LogP contribution in [0.3, 0.4) is 0 Å². The minimum absolute atomic E-state index is 0. The molecule has 0 aromatic heterocycles. The van der Waals surface area contributed by atoms with E-state index in [0.717, 1.165) is 18.4 Å². The number of carbonyl (C=O) groups is 1. The molecule has 0 saturated heterocycles. The van der Waals surface area contributed by atoms with Crippen molar-refractivity contribution in [1.82, 2.24) is 0 Å². The Morgan fingerprint density at radius 1 is 1.24 bits per heavy atom. The van der Waals surface area contributed by atoms with Crippen LogP contribution in [-0.2, 0) is 20.9 Å². The standard InChI is InChI=1S/C16H25NO3.ClH/c1-4-8-15(13(3)20-16(18)12(2)17)19-11-14-9-6-5-7-10-14;/h5-7,9-10,12-13,15H,4,8,11,17H2,1-3H3;1H/t12-,13-,15+;/m0./s1. The van der Waals surface area contributed by atoms with Gasteiger partial charge >= 0.3 is 5.97 Å². The summed E-state index contributed by atoms with van der Waals surface area (Å²) >= 11 is 0. The number of hydrogen-bond acceptors (Lipinski definition) is 4. The molecule has 0 saturated carbocycles. The Morgan fingerprint density at radius 3 is 2.38 bits per heavy atom. The number of carbonyl (C=O) groups excluding carboxylic acids is 1. The van der Waals surface area contributed by atoms with Gasteiger partial charge < -0.3 is 15.2 Å². The maximum Gasteiger partial charge on any atom is 0.322 e. The molecule has 21 heavy (non-hydrogen) atoms. The van der Waals surface area contributed by atoms with Gasteiger partial charge in [-0.25, -0.2) is 0 Å². The van der Waals surface area contributed by atoms with Crippen LogP contribution in [0.4, 0.5) is 0 Å². The van der Waals surface area contributed by atoms with Crippen LogP contribution in [0.5, 0.6) is 0 Å². The van der Waals surface area contributed by atoms with Crippen molar-refractivity contribution in [2.45, 2.75) is 58.5 Å². The Labute approximate surface area is 133 Å². The first-order chi connectivity index (χ1) is 9.54. The van der Waals surface area contributed by atoms with E-state index >= 15 is 0 Å². The monoisotopic (exact) mass is 315 g/mol.